The van der Waals surface area contributed by atoms with Gasteiger partial charge in [-0.05, 0) is 66.8 Å². The molecule has 0 unspecified atom stereocenters. The number of piperidine rings is 1. The molecule has 4 heterocycles. The standard InChI is InChI=1S/C28H25BrN6O2/c29-21-11-14-35-23(15-21)16-25(32-35)28(37)31-22-7-5-19(6-8-22)20-9-12-33(13-10-20)27(36)17-34-18-30-24-3-1-2-4-26(24)34/h1-8,11,14-16,18,20H,9-10,12-13,17H2,(H,31,37). The Hall–Kier alpha value is -3.98. The fraction of sp³-hybridized carbons (Fsp3) is 0.214. The van der Waals surface area contributed by atoms with Crippen LogP contribution in [0.2, 0.25) is 0 Å². The van der Waals surface area contributed by atoms with Crippen LogP contribution in [0.15, 0.2) is 83.7 Å². The van der Waals surface area contributed by atoms with Crippen LogP contribution in [-0.4, -0.2) is 49.0 Å². The van der Waals surface area contributed by atoms with Crippen molar-refractivity contribution < 1.29 is 9.59 Å². The van der Waals surface area contributed by atoms with Crippen LogP contribution in [0.5, 0.6) is 0 Å². The van der Waals surface area contributed by atoms with Crippen LogP contribution in [0, 0.1) is 0 Å². The van der Waals surface area contributed by atoms with Crippen LogP contribution < -0.4 is 5.32 Å². The van der Waals surface area contributed by atoms with Crippen molar-refractivity contribution in [1.82, 2.24) is 24.1 Å². The quantitative estimate of drug-likeness (QED) is 0.326. The minimum atomic E-state index is -0.245. The molecular weight excluding hydrogens is 532 g/mol. The first-order valence-electron chi connectivity index (χ1n) is 12.3. The van der Waals surface area contributed by atoms with Crippen LogP contribution in [0.4, 0.5) is 5.69 Å². The molecular formula is C28H25BrN6O2. The number of nitrogens with zero attached hydrogens (tertiary/aromatic N) is 5. The van der Waals surface area contributed by atoms with Gasteiger partial charge in [-0.3, -0.25) is 9.59 Å². The molecule has 2 amide bonds. The Kier molecular flexibility index (Phi) is 6.21. The van der Waals surface area contributed by atoms with Gasteiger partial charge in [-0.25, -0.2) is 9.50 Å². The Morgan fingerprint density at radius 3 is 2.59 bits per heavy atom. The van der Waals surface area contributed by atoms with Gasteiger partial charge < -0.3 is 14.8 Å². The molecule has 8 nitrogen and oxygen atoms in total. The molecule has 3 aromatic heterocycles. The summed E-state index contributed by atoms with van der Waals surface area (Å²) in [4.78, 5) is 32.0. The van der Waals surface area contributed by atoms with Gasteiger partial charge in [0.05, 0.1) is 22.9 Å². The predicted molar refractivity (Wildman–Crippen MR) is 146 cm³/mol. The van der Waals surface area contributed by atoms with E-state index in [0.29, 0.717) is 18.2 Å². The number of fused-ring (bicyclic) bond motifs is 2. The molecule has 0 bridgehead atoms. The van der Waals surface area contributed by atoms with Crippen LogP contribution in [-0.2, 0) is 11.3 Å². The summed E-state index contributed by atoms with van der Waals surface area (Å²) >= 11 is 3.44. The Morgan fingerprint density at radius 2 is 1.78 bits per heavy atom. The third-order valence-electron chi connectivity index (χ3n) is 6.98. The maximum Gasteiger partial charge on any atom is 0.276 e. The van der Waals surface area contributed by atoms with E-state index in [9.17, 15) is 9.59 Å². The number of anilines is 1. The number of hydrogen-bond acceptors (Lipinski definition) is 4. The molecule has 0 radical (unpaired) electrons. The van der Waals surface area contributed by atoms with Gasteiger partial charge in [0.2, 0.25) is 5.91 Å². The highest BCUT2D eigenvalue weighted by molar-refractivity contribution is 9.10. The molecule has 186 valence electrons. The molecule has 9 heteroatoms. The number of imidazole rings is 1. The van der Waals surface area contributed by atoms with Gasteiger partial charge in [0, 0.05) is 29.4 Å². The zero-order valence-electron chi connectivity index (χ0n) is 20.0. The number of aromatic nitrogens is 4. The average Bonchev–Trinajstić information content (AvgIpc) is 3.53. The Bertz CT molecular complexity index is 1600. The van der Waals surface area contributed by atoms with E-state index in [0.717, 1.165) is 52.6 Å². The summed E-state index contributed by atoms with van der Waals surface area (Å²) in [6.45, 7) is 1.78. The van der Waals surface area contributed by atoms with Crippen LogP contribution in [0.3, 0.4) is 0 Å². The average molecular weight is 557 g/mol. The third kappa shape index (κ3) is 4.86. The van der Waals surface area contributed by atoms with E-state index in [1.807, 2.05) is 64.2 Å². The molecule has 1 N–H and O–H groups in total. The fourth-order valence-corrected chi connectivity index (χ4v) is 5.31. The Labute approximate surface area is 222 Å². The second-order valence-electron chi connectivity index (χ2n) is 9.34. The molecule has 0 atom stereocenters. The van der Waals surface area contributed by atoms with Gasteiger partial charge in [-0.1, -0.05) is 40.2 Å². The number of para-hydroxylation sites is 2. The van der Waals surface area contributed by atoms with Crippen molar-refractivity contribution in [2.24, 2.45) is 0 Å². The van der Waals surface area contributed by atoms with E-state index in [-0.39, 0.29) is 11.8 Å². The molecule has 0 spiro atoms. The smallest absolute Gasteiger partial charge is 0.276 e. The van der Waals surface area contributed by atoms with E-state index in [1.54, 1.807) is 16.9 Å². The molecule has 1 aliphatic heterocycles. The largest absolute Gasteiger partial charge is 0.341 e. The second kappa shape index (κ2) is 9.82. The topological polar surface area (TPSA) is 84.5 Å². The van der Waals surface area contributed by atoms with Crippen LogP contribution >= 0.6 is 15.9 Å². The molecule has 2 aromatic carbocycles. The third-order valence-corrected chi connectivity index (χ3v) is 7.47. The number of carbonyl (C=O) groups is 2. The van der Waals surface area contributed by atoms with Gasteiger partial charge in [-0.15, -0.1) is 0 Å². The highest BCUT2D eigenvalue weighted by Crippen LogP contribution is 2.29. The van der Waals surface area contributed by atoms with Crippen molar-refractivity contribution in [1.29, 1.82) is 0 Å². The highest BCUT2D eigenvalue weighted by Gasteiger charge is 2.24. The summed E-state index contributed by atoms with van der Waals surface area (Å²) in [5.41, 5.74) is 5.05. The molecule has 1 saturated heterocycles. The number of hydrogen-bond donors (Lipinski definition) is 1. The maximum absolute atomic E-state index is 12.9. The number of rotatable bonds is 5. The number of pyridine rings is 1. The molecule has 1 aliphatic rings. The number of benzene rings is 2. The van der Waals surface area contributed by atoms with Crippen LogP contribution in [0.1, 0.15) is 34.8 Å². The minimum absolute atomic E-state index is 0.124. The number of halogens is 1. The zero-order chi connectivity index (χ0) is 25.4. The van der Waals surface area contributed by atoms with Gasteiger partial charge in [0.15, 0.2) is 5.69 Å². The Morgan fingerprint density at radius 1 is 1.00 bits per heavy atom. The number of nitrogens with one attached hydrogen (secondary N) is 1. The summed E-state index contributed by atoms with van der Waals surface area (Å²) < 4.78 is 4.53. The fourth-order valence-electron chi connectivity index (χ4n) is 4.96. The van der Waals surface area contributed by atoms with E-state index < -0.39 is 0 Å². The van der Waals surface area contributed by atoms with Crippen molar-refractivity contribution in [3.63, 3.8) is 0 Å². The van der Waals surface area contributed by atoms with Gasteiger partial charge in [-0.2, -0.15) is 5.10 Å². The summed E-state index contributed by atoms with van der Waals surface area (Å²) in [5, 5.41) is 7.28. The molecule has 0 saturated carbocycles. The first-order chi connectivity index (χ1) is 18.0. The monoisotopic (exact) mass is 556 g/mol. The molecule has 1 fully saturated rings. The molecule has 6 rings (SSSR count). The minimum Gasteiger partial charge on any atom is -0.341 e. The lowest BCUT2D eigenvalue weighted by Gasteiger charge is -2.32. The van der Waals surface area contributed by atoms with Crippen molar-refractivity contribution in [2.45, 2.75) is 25.3 Å². The zero-order valence-corrected chi connectivity index (χ0v) is 21.6. The van der Waals surface area contributed by atoms with E-state index in [1.165, 1.54) is 5.56 Å². The summed E-state index contributed by atoms with van der Waals surface area (Å²) in [7, 11) is 0. The lowest BCUT2D eigenvalue weighted by Crippen LogP contribution is -2.39. The number of carbonyl (C=O) groups excluding carboxylic acids is 2. The lowest BCUT2D eigenvalue weighted by atomic mass is 9.89. The first-order valence-corrected chi connectivity index (χ1v) is 13.1. The molecule has 37 heavy (non-hydrogen) atoms. The number of likely N-dealkylation sites (tertiary alicyclic amines) is 1. The highest BCUT2D eigenvalue weighted by atomic mass is 79.9. The second-order valence-corrected chi connectivity index (χ2v) is 10.3. The van der Waals surface area contributed by atoms with E-state index in [4.69, 9.17) is 0 Å². The van der Waals surface area contributed by atoms with Crippen molar-refractivity contribution in [3.8, 4) is 0 Å². The normalized spacial score (nSPS) is 14.4. The van der Waals surface area contributed by atoms with E-state index in [2.05, 4.69) is 43.5 Å². The van der Waals surface area contributed by atoms with Crippen molar-refractivity contribution >= 4 is 50.0 Å². The molecule has 5 aromatic rings. The number of amides is 2. The predicted octanol–water partition coefficient (Wildman–Crippen LogP) is 5.11. The van der Waals surface area contributed by atoms with Gasteiger partial charge in [0.1, 0.15) is 6.54 Å². The van der Waals surface area contributed by atoms with Crippen LogP contribution in [0.25, 0.3) is 16.6 Å². The summed E-state index contributed by atoms with van der Waals surface area (Å²) in [5.74, 6) is 0.267. The van der Waals surface area contributed by atoms with Crippen molar-refractivity contribution in [2.75, 3.05) is 18.4 Å². The maximum atomic E-state index is 12.9. The molecule has 0 aliphatic carbocycles. The first kappa shape index (κ1) is 23.4. The van der Waals surface area contributed by atoms with Gasteiger partial charge >= 0.3 is 0 Å². The Balaban J connectivity index is 1.04. The summed E-state index contributed by atoms with van der Waals surface area (Å²) in [6.07, 6.45) is 5.38. The van der Waals surface area contributed by atoms with E-state index >= 15 is 0 Å². The summed E-state index contributed by atoms with van der Waals surface area (Å²) in [6, 6.07) is 21.4. The van der Waals surface area contributed by atoms with Gasteiger partial charge in [0.25, 0.3) is 5.91 Å². The lowest BCUT2D eigenvalue weighted by molar-refractivity contribution is -0.132. The SMILES string of the molecule is O=C(Nc1ccc(C2CCN(C(=O)Cn3cnc4ccccc43)CC2)cc1)c1cc2cc(Br)ccn2n1. The van der Waals surface area contributed by atoms with Crippen molar-refractivity contribution in [3.05, 3.63) is 95.0 Å².